The number of rotatable bonds is 4. The third-order valence-corrected chi connectivity index (χ3v) is 3.13. The molecule has 0 aliphatic carbocycles. The van der Waals surface area contributed by atoms with Crippen molar-refractivity contribution in [1.29, 1.82) is 10.5 Å². The first kappa shape index (κ1) is 14.2. The van der Waals surface area contributed by atoms with Crippen molar-refractivity contribution < 1.29 is 4.52 Å². The average Bonchev–Trinajstić information content (AvgIpc) is 3.09. The first-order valence-electron chi connectivity index (χ1n) is 6.72. The van der Waals surface area contributed by atoms with Crippen LogP contribution in [0.3, 0.4) is 0 Å². The summed E-state index contributed by atoms with van der Waals surface area (Å²) in [5.74, 6) is 0.812. The van der Waals surface area contributed by atoms with Crippen molar-refractivity contribution in [2.45, 2.75) is 6.54 Å². The summed E-state index contributed by atoms with van der Waals surface area (Å²) in [6, 6.07) is 12.6. The lowest BCUT2D eigenvalue weighted by atomic mass is 10.1. The van der Waals surface area contributed by atoms with Crippen molar-refractivity contribution in [2.24, 2.45) is 0 Å². The Morgan fingerprint density at radius 2 is 1.74 bits per heavy atom. The van der Waals surface area contributed by atoms with Crippen LogP contribution >= 0.6 is 0 Å². The number of hydrogen-bond donors (Lipinski definition) is 1. The second-order valence-electron chi connectivity index (χ2n) is 4.55. The van der Waals surface area contributed by atoms with Crippen LogP contribution in [0.15, 0.2) is 47.2 Å². The molecule has 3 aromatic rings. The summed E-state index contributed by atoms with van der Waals surface area (Å²) in [6.45, 7) is 0.214. The molecule has 0 atom stereocenters. The molecule has 0 fully saturated rings. The van der Waals surface area contributed by atoms with Crippen LogP contribution in [0.1, 0.15) is 17.0 Å². The van der Waals surface area contributed by atoms with Gasteiger partial charge in [-0.1, -0.05) is 11.2 Å². The molecule has 2 aromatic heterocycles. The maximum Gasteiger partial charge on any atom is 0.246 e. The fraction of sp³-hybridized carbons (Fsp3) is 0.0625. The van der Waals surface area contributed by atoms with E-state index in [-0.39, 0.29) is 6.54 Å². The van der Waals surface area contributed by atoms with E-state index < -0.39 is 0 Å². The third-order valence-electron chi connectivity index (χ3n) is 3.13. The number of nitriles is 2. The number of aromatic nitrogens is 3. The monoisotopic (exact) mass is 302 g/mol. The van der Waals surface area contributed by atoms with Crippen LogP contribution in [0.2, 0.25) is 0 Å². The molecular weight excluding hydrogens is 292 g/mol. The zero-order valence-electron chi connectivity index (χ0n) is 11.9. The maximum absolute atomic E-state index is 9.13. The number of benzene rings is 1. The number of hydrogen-bond acceptors (Lipinski definition) is 7. The first-order valence-corrected chi connectivity index (χ1v) is 6.72. The van der Waals surface area contributed by atoms with Gasteiger partial charge in [0.15, 0.2) is 0 Å². The maximum atomic E-state index is 9.13. The Hall–Kier alpha value is -3.71. The van der Waals surface area contributed by atoms with E-state index in [0.29, 0.717) is 28.5 Å². The summed E-state index contributed by atoms with van der Waals surface area (Å²) in [6.07, 6.45) is 3.29. The van der Waals surface area contributed by atoms with Crippen molar-refractivity contribution >= 4 is 5.69 Å². The van der Waals surface area contributed by atoms with Crippen LogP contribution < -0.4 is 5.32 Å². The Bertz CT molecular complexity index is 872. The third kappa shape index (κ3) is 2.99. The summed E-state index contributed by atoms with van der Waals surface area (Å²) in [4.78, 5) is 8.20. The number of para-hydroxylation sites is 1. The Kier molecular flexibility index (Phi) is 3.94. The molecule has 0 amide bonds. The van der Waals surface area contributed by atoms with Crippen LogP contribution in [-0.2, 0) is 6.54 Å². The SMILES string of the molecule is N#Cc1cccc(C#N)c1NCc1nc(-c2ccncc2)no1. The molecule has 0 radical (unpaired) electrons. The van der Waals surface area contributed by atoms with E-state index in [0.717, 1.165) is 5.56 Å². The fourth-order valence-corrected chi connectivity index (χ4v) is 2.04. The second kappa shape index (κ2) is 6.37. The number of nitrogens with zero attached hydrogens (tertiary/aromatic N) is 5. The highest BCUT2D eigenvalue weighted by molar-refractivity contribution is 5.66. The highest BCUT2D eigenvalue weighted by Gasteiger charge is 2.11. The van der Waals surface area contributed by atoms with Crippen molar-refractivity contribution in [3.63, 3.8) is 0 Å². The van der Waals surface area contributed by atoms with Gasteiger partial charge < -0.3 is 9.84 Å². The number of nitrogens with one attached hydrogen (secondary N) is 1. The van der Waals surface area contributed by atoms with Crippen LogP contribution in [-0.4, -0.2) is 15.1 Å². The van der Waals surface area contributed by atoms with Gasteiger partial charge in [-0.05, 0) is 24.3 Å². The first-order chi connectivity index (χ1) is 11.3. The van der Waals surface area contributed by atoms with E-state index in [1.807, 2.05) is 0 Å². The van der Waals surface area contributed by atoms with Crippen molar-refractivity contribution in [2.75, 3.05) is 5.32 Å². The largest absolute Gasteiger partial charge is 0.374 e. The van der Waals surface area contributed by atoms with Crippen LogP contribution in [0.25, 0.3) is 11.4 Å². The van der Waals surface area contributed by atoms with Crippen LogP contribution in [0, 0.1) is 22.7 Å². The zero-order chi connectivity index (χ0) is 16.1. The summed E-state index contributed by atoms with van der Waals surface area (Å²) in [5.41, 5.74) is 2.03. The Labute approximate surface area is 131 Å². The second-order valence-corrected chi connectivity index (χ2v) is 4.55. The lowest BCUT2D eigenvalue weighted by molar-refractivity contribution is 0.384. The van der Waals surface area contributed by atoms with E-state index in [4.69, 9.17) is 15.0 Å². The summed E-state index contributed by atoms with van der Waals surface area (Å²) in [5, 5.41) is 25.2. The topological polar surface area (TPSA) is 111 Å². The quantitative estimate of drug-likeness (QED) is 0.787. The predicted octanol–water partition coefficient (Wildman–Crippen LogP) is 2.49. The van der Waals surface area contributed by atoms with Gasteiger partial charge in [0.1, 0.15) is 12.1 Å². The summed E-state index contributed by atoms with van der Waals surface area (Å²) >= 11 is 0. The van der Waals surface area contributed by atoms with Gasteiger partial charge in [-0.25, -0.2) is 0 Å². The van der Waals surface area contributed by atoms with Gasteiger partial charge in [0.25, 0.3) is 0 Å². The van der Waals surface area contributed by atoms with Gasteiger partial charge in [-0.3, -0.25) is 4.98 Å². The minimum Gasteiger partial charge on any atom is -0.374 e. The van der Waals surface area contributed by atoms with Gasteiger partial charge in [-0.15, -0.1) is 0 Å². The molecular formula is C16H10N6O. The predicted molar refractivity (Wildman–Crippen MR) is 80.7 cm³/mol. The number of anilines is 1. The highest BCUT2D eigenvalue weighted by atomic mass is 16.5. The van der Waals surface area contributed by atoms with Gasteiger partial charge in [-0.2, -0.15) is 15.5 Å². The molecule has 0 unspecified atom stereocenters. The van der Waals surface area contributed by atoms with Crippen molar-refractivity contribution in [3.05, 3.63) is 59.7 Å². The molecule has 0 aliphatic rings. The molecule has 0 bridgehead atoms. The minimum atomic E-state index is 0.214. The van der Waals surface area contributed by atoms with E-state index in [1.165, 1.54) is 0 Å². The Morgan fingerprint density at radius 1 is 1.04 bits per heavy atom. The van der Waals surface area contributed by atoms with Gasteiger partial charge in [0.05, 0.1) is 23.4 Å². The highest BCUT2D eigenvalue weighted by Crippen LogP contribution is 2.21. The van der Waals surface area contributed by atoms with E-state index in [9.17, 15) is 0 Å². The average molecular weight is 302 g/mol. The van der Waals surface area contributed by atoms with Gasteiger partial charge in [0, 0.05) is 18.0 Å². The van der Waals surface area contributed by atoms with Crippen LogP contribution in [0.4, 0.5) is 5.69 Å². The summed E-state index contributed by atoms with van der Waals surface area (Å²) in [7, 11) is 0. The molecule has 2 heterocycles. The molecule has 3 rings (SSSR count). The van der Waals surface area contributed by atoms with Gasteiger partial charge >= 0.3 is 0 Å². The van der Waals surface area contributed by atoms with Crippen molar-refractivity contribution in [3.8, 4) is 23.5 Å². The molecule has 0 aliphatic heterocycles. The van der Waals surface area contributed by atoms with Crippen LogP contribution in [0.5, 0.6) is 0 Å². The number of pyridine rings is 1. The molecule has 0 saturated carbocycles. The Balaban J connectivity index is 1.79. The fourth-order valence-electron chi connectivity index (χ4n) is 2.04. The molecule has 23 heavy (non-hydrogen) atoms. The molecule has 7 heteroatoms. The smallest absolute Gasteiger partial charge is 0.246 e. The normalized spacial score (nSPS) is 9.83. The molecule has 1 aromatic carbocycles. The molecule has 110 valence electrons. The lowest BCUT2D eigenvalue weighted by Crippen LogP contribution is -2.03. The molecule has 0 saturated heterocycles. The minimum absolute atomic E-state index is 0.214. The Morgan fingerprint density at radius 3 is 2.39 bits per heavy atom. The van der Waals surface area contributed by atoms with E-state index in [1.54, 1.807) is 42.7 Å². The molecule has 0 spiro atoms. The van der Waals surface area contributed by atoms with Crippen molar-refractivity contribution in [1.82, 2.24) is 15.1 Å². The lowest BCUT2D eigenvalue weighted by Gasteiger charge is -2.07. The standard InChI is InChI=1S/C16H10N6O/c17-8-12-2-1-3-13(9-18)15(12)20-10-14-21-16(22-23-14)11-4-6-19-7-5-11/h1-7,20H,10H2. The summed E-state index contributed by atoms with van der Waals surface area (Å²) < 4.78 is 5.18. The zero-order valence-corrected chi connectivity index (χ0v) is 11.9. The van der Waals surface area contributed by atoms with E-state index >= 15 is 0 Å². The molecule has 7 nitrogen and oxygen atoms in total. The van der Waals surface area contributed by atoms with Gasteiger partial charge in [0.2, 0.25) is 11.7 Å². The van der Waals surface area contributed by atoms with E-state index in [2.05, 4.69) is 32.6 Å². The molecule has 1 N–H and O–H groups in total.